The fraction of sp³-hybridized carbons (Fsp3) is 0.667. The second-order valence-corrected chi connectivity index (χ2v) is 5.75. The molecule has 1 saturated carbocycles. The smallest absolute Gasteiger partial charge is 0.0626 e. The van der Waals surface area contributed by atoms with Crippen LogP contribution in [0.3, 0.4) is 0 Å². The molecule has 1 aromatic carbocycles. The van der Waals surface area contributed by atoms with E-state index >= 15 is 0 Å². The van der Waals surface area contributed by atoms with E-state index in [9.17, 15) is 0 Å². The summed E-state index contributed by atoms with van der Waals surface area (Å²) in [6.45, 7) is 3.91. The minimum Gasteiger partial charge on any atom is -0.0654 e. The SMILES string of the molecule is [2H]c1c([2H])c(C2CCC(CCCCC)CC2)c([2H])c([2H])c1C. The normalized spacial score (nSPS) is 27.2. The van der Waals surface area contributed by atoms with Gasteiger partial charge in [0.1, 0.15) is 0 Å². The molecule has 0 heterocycles. The highest BCUT2D eigenvalue weighted by molar-refractivity contribution is 5.24. The van der Waals surface area contributed by atoms with Crippen molar-refractivity contribution in [1.29, 1.82) is 0 Å². The van der Waals surface area contributed by atoms with Crippen molar-refractivity contribution in [1.82, 2.24) is 0 Å². The molecule has 2 rings (SSSR count). The summed E-state index contributed by atoms with van der Waals surface area (Å²) in [5, 5.41) is 0. The number of hydrogen-bond acceptors (Lipinski definition) is 0. The van der Waals surface area contributed by atoms with Gasteiger partial charge in [-0.25, -0.2) is 0 Å². The molecule has 0 N–H and O–H groups in total. The van der Waals surface area contributed by atoms with E-state index in [1.807, 2.05) is 0 Å². The van der Waals surface area contributed by atoms with Gasteiger partial charge in [-0.3, -0.25) is 0 Å². The van der Waals surface area contributed by atoms with E-state index in [2.05, 4.69) is 6.92 Å². The molecule has 0 heteroatoms. The molecule has 0 spiro atoms. The molecule has 0 radical (unpaired) electrons. The van der Waals surface area contributed by atoms with Crippen molar-refractivity contribution in [2.24, 2.45) is 5.92 Å². The topological polar surface area (TPSA) is 0 Å². The molecule has 1 aromatic rings. The van der Waals surface area contributed by atoms with Gasteiger partial charge in [-0.15, -0.1) is 0 Å². The molecule has 0 bridgehead atoms. The van der Waals surface area contributed by atoms with Crippen LogP contribution in [0.2, 0.25) is 0 Å². The molecular weight excluding hydrogens is 216 g/mol. The predicted octanol–water partition coefficient (Wildman–Crippen LogP) is 5.85. The van der Waals surface area contributed by atoms with E-state index in [-0.39, 0.29) is 30.1 Å². The van der Waals surface area contributed by atoms with Gasteiger partial charge in [-0.2, -0.15) is 0 Å². The summed E-state index contributed by atoms with van der Waals surface area (Å²) >= 11 is 0. The van der Waals surface area contributed by atoms with E-state index in [0.29, 0.717) is 11.1 Å². The molecule has 0 amide bonds. The summed E-state index contributed by atoms with van der Waals surface area (Å²) in [7, 11) is 0. The van der Waals surface area contributed by atoms with Crippen LogP contribution in [0.4, 0.5) is 0 Å². The Balaban J connectivity index is 2.09. The van der Waals surface area contributed by atoms with Crippen LogP contribution in [0.15, 0.2) is 24.2 Å². The molecule has 1 aliphatic carbocycles. The average molecular weight is 248 g/mol. The molecule has 0 aliphatic heterocycles. The summed E-state index contributed by atoms with van der Waals surface area (Å²) in [6.07, 6.45) is 9.56. The lowest BCUT2D eigenvalue weighted by Crippen LogP contribution is -2.13. The van der Waals surface area contributed by atoms with Gasteiger partial charge in [0.15, 0.2) is 0 Å². The Hall–Kier alpha value is -0.780. The highest BCUT2D eigenvalue weighted by Crippen LogP contribution is 2.37. The molecule has 1 fully saturated rings. The molecule has 0 atom stereocenters. The Bertz CT molecular complexity index is 487. The summed E-state index contributed by atoms with van der Waals surface area (Å²) < 4.78 is 32.4. The van der Waals surface area contributed by atoms with Crippen LogP contribution in [-0.4, -0.2) is 0 Å². The lowest BCUT2D eigenvalue weighted by atomic mass is 9.77. The van der Waals surface area contributed by atoms with Crippen molar-refractivity contribution in [3.8, 4) is 0 Å². The molecule has 0 saturated heterocycles. The second-order valence-electron chi connectivity index (χ2n) is 5.75. The third-order valence-electron chi connectivity index (χ3n) is 4.24. The third-order valence-corrected chi connectivity index (χ3v) is 4.24. The number of hydrogen-bond donors (Lipinski definition) is 0. The lowest BCUT2D eigenvalue weighted by molar-refractivity contribution is 0.303. The van der Waals surface area contributed by atoms with Crippen LogP contribution in [0.5, 0.6) is 0 Å². The number of unbranched alkanes of at least 4 members (excludes halogenated alkanes) is 2. The van der Waals surface area contributed by atoms with Gasteiger partial charge in [-0.05, 0) is 50.0 Å². The van der Waals surface area contributed by atoms with Crippen LogP contribution < -0.4 is 0 Å². The summed E-state index contributed by atoms with van der Waals surface area (Å²) in [4.78, 5) is 0. The van der Waals surface area contributed by atoms with E-state index in [1.165, 1.54) is 38.5 Å². The van der Waals surface area contributed by atoms with Crippen LogP contribution in [0, 0.1) is 12.8 Å². The van der Waals surface area contributed by atoms with Crippen LogP contribution >= 0.6 is 0 Å². The minimum atomic E-state index is 0.140. The van der Waals surface area contributed by atoms with Crippen molar-refractivity contribution >= 4 is 0 Å². The van der Waals surface area contributed by atoms with Crippen molar-refractivity contribution in [3.63, 3.8) is 0 Å². The zero-order valence-electron chi connectivity index (χ0n) is 15.8. The maximum absolute atomic E-state index is 8.21. The van der Waals surface area contributed by atoms with Crippen molar-refractivity contribution < 1.29 is 5.48 Å². The van der Waals surface area contributed by atoms with E-state index < -0.39 is 0 Å². The largest absolute Gasteiger partial charge is 0.0654 e. The highest BCUT2D eigenvalue weighted by Gasteiger charge is 2.21. The monoisotopic (exact) mass is 248 g/mol. The number of benzene rings is 1. The molecule has 18 heavy (non-hydrogen) atoms. The van der Waals surface area contributed by atoms with Crippen LogP contribution in [0.25, 0.3) is 0 Å². The summed E-state index contributed by atoms with van der Waals surface area (Å²) in [5.74, 6) is 0.999. The molecule has 100 valence electrons. The molecule has 0 unspecified atom stereocenters. The van der Waals surface area contributed by atoms with E-state index in [0.717, 1.165) is 18.8 Å². The van der Waals surface area contributed by atoms with Gasteiger partial charge in [0, 0.05) is 0 Å². The van der Waals surface area contributed by atoms with E-state index in [4.69, 9.17) is 5.48 Å². The first kappa shape index (κ1) is 9.18. The lowest BCUT2D eigenvalue weighted by Gasteiger charge is -2.29. The van der Waals surface area contributed by atoms with Gasteiger partial charge < -0.3 is 0 Å². The Morgan fingerprint density at radius 1 is 1.06 bits per heavy atom. The highest BCUT2D eigenvalue weighted by atomic mass is 14.3. The predicted molar refractivity (Wildman–Crippen MR) is 80.0 cm³/mol. The summed E-state index contributed by atoms with van der Waals surface area (Å²) in [5.41, 5.74) is 1.12. The van der Waals surface area contributed by atoms with Crippen LogP contribution in [0.1, 0.15) is 80.8 Å². The quantitative estimate of drug-likeness (QED) is 0.573. The maximum atomic E-state index is 8.21. The fourth-order valence-electron chi connectivity index (χ4n) is 3.01. The molecular formula is C18H28. The first-order chi connectivity index (χ1) is 10.5. The minimum absolute atomic E-state index is 0.140. The first-order valence-corrected chi connectivity index (χ1v) is 7.54. The zero-order chi connectivity index (χ0) is 16.3. The van der Waals surface area contributed by atoms with Gasteiger partial charge in [-0.1, -0.05) is 62.3 Å². The third kappa shape index (κ3) is 3.86. The Kier molecular flexibility index (Phi) is 3.55. The fourth-order valence-corrected chi connectivity index (χ4v) is 3.01. The standard InChI is InChI=1S/C18H28/c1-3-4-5-6-16-9-13-18(14-10-16)17-11-7-15(2)8-12-17/h7-8,11-12,16,18H,3-6,9-10,13-14H2,1-2H3/i7D,8D,11D,12D. The average Bonchev–Trinajstić information content (AvgIpc) is 2.53. The van der Waals surface area contributed by atoms with Crippen molar-refractivity contribution in [3.05, 3.63) is 35.3 Å². The molecule has 0 nitrogen and oxygen atoms in total. The van der Waals surface area contributed by atoms with Crippen molar-refractivity contribution in [2.75, 3.05) is 0 Å². The first-order valence-electron chi connectivity index (χ1n) is 9.54. The van der Waals surface area contributed by atoms with Crippen molar-refractivity contribution in [2.45, 2.75) is 71.1 Å². The second kappa shape index (κ2) is 6.97. The Morgan fingerprint density at radius 2 is 1.72 bits per heavy atom. The Labute approximate surface area is 118 Å². The van der Waals surface area contributed by atoms with Gasteiger partial charge in [0.05, 0.1) is 5.48 Å². The van der Waals surface area contributed by atoms with Gasteiger partial charge in [0.2, 0.25) is 0 Å². The van der Waals surface area contributed by atoms with E-state index in [1.54, 1.807) is 6.92 Å². The zero-order valence-corrected chi connectivity index (χ0v) is 11.8. The summed E-state index contributed by atoms with van der Waals surface area (Å²) in [6, 6.07) is 0.656. The maximum Gasteiger partial charge on any atom is 0.0626 e. The van der Waals surface area contributed by atoms with Gasteiger partial charge >= 0.3 is 0 Å². The van der Waals surface area contributed by atoms with Crippen LogP contribution in [-0.2, 0) is 0 Å². The number of rotatable bonds is 5. The Morgan fingerprint density at radius 3 is 2.33 bits per heavy atom. The molecule has 0 aromatic heterocycles. The van der Waals surface area contributed by atoms with Gasteiger partial charge in [0.25, 0.3) is 0 Å². The molecule has 1 aliphatic rings.